The molecule has 3 heteroatoms. The highest BCUT2D eigenvalue weighted by Gasteiger charge is 2.31. The monoisotopic (exact) mass is 272 g/mol. The summed E-state index contributed by atoms with van der Waals surface area (Å²) in [6.45, 7) is 13.2. The summed E-state index contributed by atoms with van der Waals surface area (Å²) in [5, 5.41) is 3.57. The van der Waals surface area contributed by atoms with Gasteiger partial charge in [0.1, 0.15) is 0 Å². The van der Waals surface area contributed by atoms with Gasteiger partial charge in [-0.25, -0.2) is 0 Å². The number of hydrogen-bond acceptors (Lipinski definition) is 3. The summed E-state index contributed by atoms with van der Waals surface area (Å²) in [5.74, 6) is 0.879. The first-order valence-electron chi connectivity index (χ1n) is 7.67. The third kappa shape index (κ3) is 4.75. The van der Waals surface area contributed by atoms with Crippen molar-refractivity contribution in [2.45, 2.75) is 51.2 Å². The molecule has 0 aliphatic carbocycles. The quantitative estimate of drug-likeness (QED) is 0.649. The van der Waals surface area contributed by atoms with Gasteiger partial charge in [0.25, 0.3) is 0 Å². The van der Waals surface area contributed by atoms with E-state index in [0.29, 0.717) is 4.75 Å². The van der Waals surface area contributed by atoms with E-state index in [9.17, 15) is 0 Å². The Bertz CT molecular complexity index is 208. The van der Waals surface area contributed by atoms with Crippen LogP contribution in [-0.4, -0.2) is 48.6 Å². The lowest BCUT2D eigenvalue weighted by atomic mass is 10.0. The maximum Gasteiger partial charge on any atom is 0.0279 e. The highest BCUT2D eigenvalue weighted by molar-refractivity contribution is 8.00. The molecule has 0 spiro atoms. The predicted molar refractivity (Wildman–Crippen MR) is 84.5 cm³/mol. The van der Waals surface area contributed by atoms with Crippen molar-refractivity contribution in [3.8, 4) is 0 Å². The van der Waals surface area contributed by atoms with E-state index < -0.39 is 0 Å². The molecule has 1 N–H and O–H groups in total. The van der Waals surface area contributed by atoms with E-state index in [2.05, 4.69) is 49.0 Å². The zero-order chi connectivity index (χ0) is 13.4. The normalized spacial score (nSPS) is 21.7. The first-order valence-corrected chi connectivity index (χ1v) is 8.90. The average Bonchev–Trinajstić information content (AvgIpc) is 2.84. The molecule has 0 bridgehead atoms. The zero-order valence-electron chi connectivity index (χ0n) is 12.8. The summed E-state index contributed by atoms with van der Waals surface area (Å²) in [6, 6.07) is 0. The minimum Gasteiger partial charge on any atom is -0.316 e. The van der Waals surface area contributed by atoms with E-state index in [1.807, 2.05) is 0 Å². The zero-order valence-corrected chi connectivity index (χ0v) is 13.6. The van der Waals surface area contributed by atoms with Gasteiger partial charge in [-0.2, -0.15) is 11.8 Å². The predicted octanol–water partition coefficient (Wildman–Crippen LogP) is 3.23. The van der Waals surface area contributed by atoms with Crippen LogP contribution < -0.4 is 5.32 Å². The van der Waals surface area contributed by atoms with Gasteiger partial charge in [-0.05, 0) is 57.5 Å². The SMILES string of the molecule is CCCNCC1CCN(CC(CC)(CC)SC)C1. The van der Waals surface area contributed by atoms with Gasteiger partial charge in [-0.3, -0.25) is 0 Å². The molecule has 0 aromatic rings. The van der Waals surface area contributed by atoms with Crippen molar-refractivity contribution in [3.63, 3.8) is 0 Å². The van der Waals surface area contributed by atoms with Crippen LogP contribution in [0.2, 0.25) is 0 Å². The number of thioether (sulfide) groups is 1. The molecular weight excluding hydrogens is 240 g/mol. The van der Waals surface area contributed by atoms with Gasteiger partial charge in [-0.15, -0.1) is 0 Å². The smallest absolute Gasteiger partial charge is 0.0279 e. The van der Waals surface area contributed by atoms with E-state index >= 15 is 0 Å². The molecular formula is C15H32N2S. The number of nitrogens with zero attached hydrogens (tertiary/aromatic N) is 1. The molecule has 108 valence electrons. The largest absolute Gasteiger partial charge is 0.316 e. The summed E-state index contributed by atoms with van der Waals surface area (Å²) >= 11 is 2.07. The Morgan fingerprint density at radius 3 is 2.56 bits per heavy atom. The molecule has 1 saturated heterocycles. The van der Waals surface area contributed by atoms with Crippen molar-refractivity contribution >= 4 is 11.8 Å². The first kappa shape index (κ1) is 16.3. The highest BCUT2D eigenvalue weighted by Crippen LogP contribution is 2.32. The molecule has 1 atom stereocenters. The number of likely N-dealkylation sites (tertiary alicyclic amines) is 1. The van der Waals surface area contributed by atoms with Crippen LogP contribution in [0.1, 0.15) is 46.5 Å². The lowest BCUT2D eigenvalue weighted by molar-refractivity contribution is 0.278. The van der Waals surface area contributed by atoms with Gasteiger partial charge in [0, 0.05) is 17.8 Å². The molecule has 1 aliphatic rings. The third-order valence-electron chi connectivity index (χ3n) is 4.46. The van der Waals surface area contributed by atoms with Gasteiger partial charge < -0.3 is 10.2 Å². The fourth-order valence-electron chi connectivity index (χ4n) is 2.94. The van der Waals surface area contributed by atoms with Crippen LogP contribution in [0.5, 0.6) is 0 Å². The van der Waals surface area contributed by atoms with Crippen molar-refractivity contribution in [1.82, 2.24) is 10.2 Å². The topological polar surface area (TPSA) is 15.3 Å². The Balaban J connectivity index is 2.32. The van der Waals surface area contributed by atoms with Crippen LogP contribution in [0.3, 0.4) is 0 Å². The van der Waals surface area contributed by atoms with E-state index in [4.69, 9.17) is 0 Å². The third-order valence-corrected chi connectivity index (χ3v) is 6.04. The van der Waals surface area contributed by atoms with E-state index in [1.165, 1.54) is 58.4 Å². The molecule has 0 aromatic carbocycles. The second kappa shape index (κ2) is 8.44. The molecule has 0 saturated carbocycles. The van der Waals surface area contributed by atoms with Crippen LogP contribution in [-0.2, 0) is 0 Å². The molecule has 18 heavy (non-hydrogen) atoms. The standard InChI is InChI=1S/C15H32N2S/c1-5-9-16-11-14-8-10-17(12-14)13-15(6-2,7-3)18-4/h14,16H,5-13H2,1-4H3. The Hall–Kier alpha value is 0.270. The number of nitrogens with one attached hydrogen (secondary N) is 1. The number of rotatable bonds is 9. The van der Waals surface area contributed by atoms with E-state index in [-0.39, 0.29) is 0 Å². The van der Waals surface area contributed by atoms with Crippen LogP contribution in [0.4, 0.5) is 0 Å². The Morgan fingerprint density at radius 1 is 1.28 bits per heavy atom. The summed E-state index contributed by atoms with van der Waals surface area (Å²) in [7, 11) is 0. The fourth-order valence-corrected chi connectivity index (χ4v) is 3.83. The summed E-state index contributed by atoms with van der Waals surface area (Å²) in [6.07, 6.45) is 7.50. The first-order chi connectivity index (χ1) is 8.69. The molecule has 1 rings (SSSR count). The van der Waals surface area contributed by atoms with Gasteiger partial charge in [0.05, 0.1) is 0 Å². The molecule has 0 aromatic heterocycles. The maximum absolute atomic E-state index is 3.57. The summed E-state index contributed by atoms with van der Waals surface area (Å²) in [5.41, 5.74) is 0. The second-order valence-electron chi connectivity index (χ2n) is 5.69. The van der Waals surface area contributed by atoms with Crippen LogP contribution >= 0.6 is 11.8 Å². The molecule has 0 amide bonds. The lowest BCUT2D eigenvalue weighted by Crippen LogP contribution is -2.39. The molecule has 1 aliphatic heterocycles. The summed E-state index contributed by atoms with van der Waals surface area (Å²) < 4.78 is 0.492. The Kier molecular flexibility index (Phi) is 7.66. The van der Waals surface area contributed by atoms with Crippen molar-refractivity contribution < 1.29 is 0 Å². The Morgan fingerprint density at radius 2 is 2.00 bits per heavy atom. The molecule has 2 nitrogen and oxygen atoms in total. The van der Waals surface area contributed by atoms with Gasteiger partial charge >= 0.3 is 0 Å². The van der Waals surface area contributed by atoms with Crippen LogP contribution in [0, 0.1) is 5.92 Å². The van der Waals surface area contributed by atoms with Gasteiger partial charge in [0.2, 0.25) is 0 Å². The molecule has 1 fully saturated rings. The molecule has 1 unspecified atom stereocenters. The van der Waals surface area contributed by atoms with Crippen molar-refractivity contribution in [2.75, 3.05) is 39.0 Å². The van der Waals surface area contributed by atoms with Crippen molar-refractivity contribution in [3.05, 3.63) is 0 Å². The minimum absolute atomic E-state index is 0.492. The molecule has 1 heterocycles. The van der Waals surface area contributed by atoms with Crippen LogP contribution in [0.25, 0.3) is 0 Å². The molecule has 0 radical (unpaired) electrons. The van der Waals surface area contributed by atoms with Gasteiger partial charge in [-0.1, -0.05) is 20.8 Å². The van der Waals surface area contributed by atoms with Crippen molar-refractivity contribution in [1.29, 1.82) is 0 Å². The highest BCUT2D eigenvalue weighted by atomic mass is 32.2. The second-order valence-corrected chi connectivity index (χ2v) is 6.96. The minimum atomic E-state index is 0.492. The summed E-state index contributed by atoms with van der Waals surface area (Å²) in [4.78, 5) is 2.70. The van der Waals surface area contributed by atoms with Crippen LogP contribution in [0.15, 0.2) is 0 Å². The van der Waals surface area contributed by atoms with Gasteiger partial charge in [0.15, 0.2) is 0 Å². The fraction of sp³-hybridized carbons (Fsp3) is 1.00. The van der Waals surface area contributed by atoms with E-state index in [1.54, 1.807) is 0 Å². The lowest BCUT2D eigenvalue weighted by Gasteiger charge is -2.34. The average molecular weight is 273 g/mol. The Labute approximate surface area is 118 Å². The number of hydrogen-bond donors (Lipinski definition) is 1. The van der Waals surface area contributed by atoms with E-state index in [0.717, 1.165) is 5.92 Å². The maximum atomic E-state index is 3.57. The van der Waals surface area contributed by atoms with Crippen molar-refractivity contribution in [2.24, 2.45) is 5.92 Å².